The van der Waals surface area contributed by atoms with E-state index in [1.165, 1.54) is 0 Å². The molecule has 0 amide bonds. The van der Waals surface area contributed by atoms with Crippen molar-refractivity contribution in [3.8, 4) is 5.75 Å². The van der Waals surface area contributed by atoms with Gasteiger partial charge in [-0.2, -0.15) is 8.42 Å². The third-order valence-electron chi connectivity index (χ3n) is 2.90. The predicted molar refractivity (Wildman–Crippen MR) is 80.9 cm³/mol. The van der Waals surface area contributed by atoms with Crippen LogP contribution < -0.4 is 4.18 Å². The molecule has 5 nitrogen and oxygen atoms in total. The van der Waals surface area contributed by atoms with Crippen molar-refractivity contribution in [1.82, 2.24) is 0 Å². The minimum atomic E-state index is -3.76. The van der Waals surface area contributed by atoms with Gasteiger partial charge in [-0.1, -0.05) is 36.4 Å². The molecular weight excluding hydrogens is 292 g/mol. The SMILES string of the molecule is CC(CS(=O)(=O)Oc1cccc2ccccc12)OCCO. The van der Waals surface area contributed by atoms with Gasteiger partial charge in [-0.3, -0.25) is 0 Å². The molecule has 2 aromatic rings. The molecule has 0 bridgehead atoms. The summed E-state index contributed by atoms with van der Waals surface area (Å²) in [6, 6.07) is 12.7. The van der Waals surface area contributed by atoms with E-state index in [0.29, 0.717) is 5.75 Å². The van der Waals surface area contributed by atoms with Crippen LogP contribution in [-0.2, 0) is 14.9 Å². The Labute approximate surface area is 124 Å². The molecule has 2 rings (SSSR count). The third-order valence-corrected chi connectivity index (χ3v) is 4.21. The fourth-order valence-corrected chi connectivity index (χ4v) is 3.19. The summed E-state index contributed by atoms with van der Waals surface area (Å²) in [4.78, 5) is 0. The first kappa shape index (κ1) is 15.8. The first-order valence-electron chi connectivity index (χ1n) is 6.64. The Bertz CT molecular complexity index is 691. The van der Waals surface area contributed by atoms with Crippen LogP contribution >= 0.6 is 0 Å². The van der Waals surface area contributed by atoms with Crippen LogP contribution in [0.4, 0.5) is 0 Å². The average Bonchev–Trinajstić information content (AvgIpc) is 2.44. The van der Waals surface area contributed by atoms with Gasteiger partial charge < -0.3 is 14.0 Å². The van der Waals surface area contributed by atoms with E-state index in [2.05, 4.69) is 0 Å². The Morgan fingerprint density at radius 3 is 2.62 bits per heavy atom. The topological polar surface area (TPSA) is 72.8 Å². The summed E-state index contributed by atoms with van der Waals surface area (Å²) in [5.41, 5.74) is 0. The normalized spacial score (nSPS) is 13.2. The molecule has 0 fully saturated rings. The van der Waals surface area contributed by atoms with Crippen molar-refractivity contribution < 1.29 is 22.4 Å². The van der Waals surface area contributed by atoms with Gasteiger partial charge in [0.05, 0.1) is 19.3 Å². The van der Waals surface area contributed by atoms with Crippen molar-refractivity contribution in [2.24, 2.45) is 0 Å². The summed E-state index contributed by atoms with van der Waals surface area (Å²) >= 11 is 0. The molecule has 1 N–H and O–H groups in total. The molecule has 0 aliphatic heterocycles. The monoisotopic (exact) mass is 310 g/mol. The number of benzene rings is 2. The Morgan fingerprint density at radius 1 is 1.14 bits per heavy atom. The second-order valence-corrected chi connectivity index (χ2v) is 6.31. The minimum absolute atomic E-state index is 0.102. The van der Waals surface area contributed by atoms with Gasteiger partial charge in [0, 0.05) is 5.39 Å². The molecule has 0 aromatic heterocycles. The second kappa shape index (κ2) is 6.89. The first-order chi connectivity index (χ1) is 10.0. The van der Waals surface area contributed by atoms with Crippen LogP contribution in [0.5, 0.6) is 5.75 Å². The molecule has 21 heavy (non-hydrogen) atoms. The zero-order chi connectivity index (χ0) is 15.3. The van der Waals surface area contributed by atoms with Crippen molar-refractivity contribution in [3.63, 3.8) is 0 Å². The number of hydrogen-bond donors (Lipinski definition) is 1. The van der Waals surface area contributed by atoms with E-state index in [4.69, 9.17) is 14.0 Å². The first-order valence-corrected chi connectivity index (χ1v) is 8.22. The zero-order valence-corrected chi connectivity index (χ0v) is 12.5. The molecule has 0 aliphatic rings. The van der Waals surface area contributed by atoms with Gasteiger partial charge in [0.25, 0.3) is 0 Å². The number of hydrogen-bond acceptors (Lipinski definition) is 5. The van der Waals surface area contributed by atoms with Crippen LogP contribution in [0.3, 0.4) is 0 Å². The molecule has 114 valence electrons. The van der Waals surface area contributed by atoms with Crippen molar-refractivity contribution in [2.75, 3.05) is 19.0 Å². The van der Waals surface area contributed by atoms with Gasteiger partial charge in [-0.15, -0.1) is 0 Å². The molecule has 0 saturated heterocycles. The van der Waals surface area contributed by atoms with Crippen molar-refractivity contribution in [3.05, 3.63) is 42.5 Å². The number of fused-ring (bicyclic) bond motifs is 1. The van der Waals surface area contributed by atoms with Crippen LogP contribution in [0, 0.1) is 0 Å². The summed E-state index contributed by atoms with van der Waals surface area (Å²) in [5.74, 6) is 0.0402. The highest BCUT2D eigenvalue weighted by molar-refractivity contribution is 7.87. The smallest absolute Gasteiger partial charge is 0.311 e. The van der Waals surface area contributed by atoms with Crippen LogP contribution in [0.25, 0.3) is 10.8 Å². The fraction of sp³-hybridized carbons (Fsp3) is 0.333. The molecule has 2 aromatic carbocycles. The Balaban J connectivity index is 2.15. The molecule has 0 radical (unpaired) electrons. The summed E-state index contributed by atoms with van der Waals surface area (Å²) in [6.45, 7) is 1.58. The maximum atomic E-state index is 12.1. The van der Waals surface area contributed by atoms with E-state index >= 15 is 0 Å². The fourth-order valence-electron chi connectivity index (χ4n) is 2.03. The average molecular weight is 310 g/mol. The van der Waals surface area contributed by atoms with Crippen LogP contribution in [0.1, 0.15) is 6.92 Å². The van der Waals surface area contributed by atoms with E-state index in [1.54, 1.807) is 19.1 Å². The summed E-state index contributed by atoms with van der Waals surface area (Å²) in [6.07, 6.45) is -0.544. The third kappa shape index (κ3) is 4.42. The highest BCUT2D eigenvalue weighted by Crippen LogP contribution is 2.26. The maximum Gasteiger partial charge on any atom is 0.311 e. The van der Waals surface area contributed by atoms with Crippen LogP contribution in [0.2, 0.25) is 0 Å². The van der Waals surface area contributed by atoms with Crippen LogP contribution in [0.15, 0.2) is 42.5 Å². The summed E-state index contributed by atoms with van der Waals surface area (Å²) in [5, 5.41) is 10.3. The standard InChI is InChI=1S/C15H18O5S/c1-12(19-10-9-16)11-21(17,18)20-15-8-4-6-13-5-2-3-7-14(13)15/h2-8,12,16H,9-11H2,1H3. The lowest BCUT2D eigenvalue weighted by atomic mass is 10.1. The van der Waals surface area contributed by atoms with Crippen molar-refractivity contribution in [2.45, 2.75) is 13.0 Å². The van der Waals surface area contributed by atoms with Crippen LogP contribution in [-0.4, -0.2) is 38.6 Å². The zero-order valence-electron chi connectivity index (χ0n) is 11.7. The lowest BCUT2D eigenvalue weighted by molar-refractivity contribution is 0.0504. The highest BCUT2D eigenvalue weighted by Gasteiger charge is 2.19. The molecule has 1 atom stereocenters. The van der Waals surface area contributed by atoms with E-state index < -0.39 is 16.2 Å². The van der Waals surface area contributed by atoms with Gasteiger partial charge >= 0.3 is 10.1 Å². The van der Waals surface area contributed by atoms with Crippen molar-refractivity contribution in [1.29, 1.82) is 0 Å². The Kier molecular flexibility index (Phi) is 5.17. The number of aliphatic hydroxyl groups is 1. The Hall–Kier alpha value is -1.63. The maximum absolute atomic E-state index is 12.1. The van der Waals surface area contributed by atoms with E-state index in [0.717, 1.165) is 10.8 Å². The van der Waals surface area contributed by atoms with E-state index in [9.17, 15) is 8.42 Å². The number of aliphatic hydroxyl groups excluding tert-OH is 1. The van der Waals surface area contributed by atoms with E-state index in [1.807, 2.05) is 30.3 Å². The lowest BCUT2D eigenvalue weighted by Crippen LogP contribution is -2.25. The molecule has 6 heteroatoms. The molecule has 0 saturated carbocycles. The summed E-state index contributed by atoms with van der Waals surface area (Å²) < 4.78 is 34.4. The van der Waals surface area contributed by atoms with Crippen molar-refractivity contribution >= 4 is 20.9 Å². The second-order valence-electron chi connectivity index (χ2n) is 4.69. The lowest BCUT2D eigenvalue weighted by Gasteiger charge is -2.14. The van der Waals surface area contributed by atoms with Gasteiger partial charge in [0.1, 0.15) is 11.5 Å². The predicted octanol–water partition coefficient (Wildman–Crippen LogP) is 1.95. The largest absolute Gasteiger partial charge is 0.394 e. The molecule has 1 unspecified atom stereocenters. The molecular formula is C15H18O5S. The van der Waals surface area contributed by atoms with Gasteiger partial charge in [-0.25, -0.2) is 0 Å². The molecule has 0 spiro atoms. The number of rotatable bonds is 7. The molecule has 0 heterocycles. The van der Waals surface area contributed by atoms with Gasteiger partial charge in [0.2, 0.25) is 0 Å². The summed E-state index contributed by atoms with van der Waals surface area (Å²) in [7, 11) is -3.76. The quantitative estimate of drug-likeness (QED) is 0.791. The van der Waals surface area contributed by atoms with E-state index in [-0.39, 0.29) is 19.0 Å². The Morgan fingerprint density at radius 2 is 1.86 bits per heavy atom. The van der Waals surface area contributed by atoms with Gasteiger partial charge in [-0.05, 0) is 18.4 Å². The molecule has 0 aliphatic carbocycles. The highest BCUT2D eigenvalue weighted by atomic mass is 32.2. The van der Waals surface area contributed by atoms with Gasteiger partial charge in [0.15, 0.2) is 0 Å². The number of ether oxygens (including phenoxy) is 1. The minimum Gasteiger partial charge on any atom is -0.394 e.